The van der Waals surface area contributed by atoms with Gasteiger partial charge in [-0.25, -0.2) is 0 Å². The monoisotopic (exact) mass is 190 g/mol. The summed E-state index contributed by atoms with van der Waals surface area (Å²) in [5.41, 5.74) is 1.46. The first kappa shape index (κ1) is 9.53. The quantitative estimate of drug-likeness (QED) is 0.536. The van der Waals surface area contributed by atoms with Gasteiger partial charge in [0.2, 0.25) is 0 Å². The molecule has 14 heavy (non-hydrogen) atoms. The molecule has 1 atom stereocenters. The van der Waals surface area contributed by atoms with Crippen LogP contribution in [0.5, 0.6) is 0 Å². The second kappa shape index (κ2) is 4.47. The van der Waals surface area contributed by atoms with E-state index in [-0.39, 0.29) is 0 Å². The van der Waals surface area contributed by atoms with Gasteiger partial charge in [-0.05, 0) is 32.0 Å². The topological polar surface area (TPSA) is 15.3 Å². The minimum absolute atomic E-state index is 0.531. The van der Waals surface area contributed by atoms with Crippen LogP contribution in [0.1, 0.15) is 12.8 Å². The van der Waals surface area contributed by atoms with Crippen molar-refractivity contribution < 1.29 is 0 Å². The predicted octanol–water partition coefficient (Wildman–Crippen LogP) is 1.68. The predicted molar refractivity (Wildman–Crippen MR) is 60.0 cm³/mol. The van der Waals surface area contributed by atoms with E-state index >= 15 is 0 Å². The lowest BCUT2D eigenvalue weighted by molar-refractivity contribution is 0.413. The number of hydrogen-bond donors (Lipinski definition) is 1. The van der Waals surface area contributed by atoms with E-state index in [4.69, 9.17) is 0 Å². The van der Waals surface area contributed by atoms with Gasteiger partial charge in [-0.2, -0.15) is 0 Å². The first-order chi connectivity index (χ1) is 6.90. The molecule has 2 nitrogen and oxygen atoms in total. The van der Waals surface area contributed by atoms with Crippen molar-refractivity contribution in [1.82, 2.24) is 10.2 Å². The third kappa shape index (κ3) is 2.07. The molecule has 2 aliphatic heterocycles. The summed E-state index contributed by atoms with van der Waals surface area (Å²) in [5, 5.41) is 3.18. The maximum Gasteiger partial charge on any atom is 0.0659 e. The normalized spacial score (nSPS) is 23.9. The summed E-state index contributed by atoms with van der Waals surface area (Å²) in [5.74, 6) is 0. The van der Waals surface area contributed by atoms with Gasteiger partial charge in [0.1, 0.15) is 0 Å². The highest BCUT2D eigenvalue weighted by Crippen LogP contribution is 2.21. The number of nitrogens with zero attached hydrogens (tertiary/aromatic N) is 1. The van der Waals surface area contributed by atoms with Crippen molar-refractivity contribution in [3.8, 4) is 0 Å². The van der Waals surface area contributed by atoms with Crippen LogP contribution in [0.3, 0.4) is 0 Å². The van der Waals surface area contributed by atoms with Gasteiger partial charge in [-0.15, -0.1) is 0 Å². The van der Waals surface area contributed by atoms with Gasteiger partial charge in [-0.3, -0.25) is 0 Å². The van der Waals surface area contributed by atoms with Crippen molar-refractivity contribution in [3.05, 3.63) is 36.1 Å². The molecule has 1 unspecified atom stereocenters. The number of rotatable bonds is 4. The summed E-state index contributed by atoms with van der Waals surface area (Å²) >= 11 is 0. The van der Waals surface area contributed by atoms with Crippen LogP contribution < -0.4 is 5.32 Å². The molecule has 2 heterocycles. The van der Waals surface area contributed by atoms with Gasteiger partial charge >= 0.3 is 0 Å². The summed E-state index contributed by atoms with van der Waals surface area (Å²) in [4.78, 5) is 2.38. The molecule has 0 bridgehead atoms. The fourth-order valence-corrected chi connectivity index (χ4v) is 1.96. The molecule has 2 aliphatic rings. The van der Waals surface area contributed by atoms with E-state index in [0.29, 0.717) is 6.04 Å². The van der Waals surface area contributed by atoms with Gasteiger partial charge in [0.25, 0.3) is 0 Å². The molecule has 0 aromatic rings. The first-order valence-electron chi connectivity index (χ1n) is 5.36. The zero-order valence-electron chi connectivity index (χ0n) is 8.74. The lowest BCUT2D eigenvalue weighted by Gasteiger charge is -2.24. The fourth-order valence-electron chi connectivity index (χ4n) is 1.96. The first-order valence-corrected chi connectivity index (χ1v) is 5.36. The zero-order chi connectivity index (χ0) is 9.80. The van der Waals surface area contributed by atoms with Crippen molar-refractivity contribution >= 4 is 0 Å². The van der Waals surface area contributed by atoms with E-state index in [1.54, 1.807) is 0 Å². The SMILES string of the molecule is CNCCCC1=CN2CC=CC2C=C1. The standard InChI is InChI=1S/C12H18N2/c1-13-8-2-4-11-6-7-12-5-3-9-14(12)10-11/h3,5-7,10,12-13H,2,4,8-9H2,1H3. The van der Waals surface area contributed by atoms with Crippen LogP contribution in [0.15, 0.2) is 36.1 Å². The summed E-state index contributed by atoms with van der Waals surface area (Å²) in [6.07, 6.45) is 13.8. The molecule has 0 fully saturated rings. The van der Waals surface area contributed by atoms with Gasteiger partial charge in [0.05, 0.1) is 6.04 Å². The Bertz CT molecular complexity index is 276. The second-order valence-corrected chi connectivity index (χ2v) is 3.89. The molecule has 0 spiro atoms. The molecular formula is C12H18N2. The maximum atomic E-state index is 3.18. The van der Waals surface area contributed by atoms with Crippen LogP contribution >= 0.6 is 0 Å². The highest BCUT2D eigenvalue weighted by Gasteiger charge is 2.16. The number of fused-ring (bicyclic) bond motifs is 1. The molecule has 2 rings (SSSR count). The Hall–Kier alpha value is -1.02. The highest BCUT2D eigenvalue weighted by molar-refractivity contribution is 5.30. The summed E-state index contributed by atoms with van der Waals surface area (Å²) in [6.45, 7) is 2.18. The zero-order valence-corrected chi connectivity index (χ0v) is 8.74. The lowest BCUT2D eigenvalue weighted by Crippen LogP contribution is -2.25. The lowest BCUT2D eigenvalue weighted by atomic mass is 10.1. The van der Waals surface area contributed by atoms with Crippen LogP contribution in [0.4, 0.5) is 0 Å². The largest absolute Gasteiger partial charge is 0.364 e. The summed E-state index contributed by atoms with van der Waals surface area (Å²) in [7, 11) is 2.01. The third-order valence-electron chi connectivity index (χ3n) is 2.76. The highest BCUT2D eigenvalue weighted by atomic mass is 15.1. The van der Waals surface area contributed by atoms with Crippen molar-refractivity contribution in [1.29, 1.82) is 0 Å². The Labute approximate surface area is 86.0 Å². The molecule has 0 amide bonds. The average Bonchev–Trinajstić information content (AvgIpc) is 2.65. The molecule has 76 valence electrons. The molecule has 0 aromatic heterocycles. The molecule has 0 saturated heterocycles. The number of nitrogens with one attached hydrogen (secondary N) is 1. The minimum Gasteiger partial charge on any atom is -0.364 e. The van der Waals surface area contributed by atoms with E-state index in [1.165, 1.54) is 18.4 Å². The van der Waals surface area contributed by atoms with Crippen LogP contribution in [-0.2, 0) is 0 Å². The second-order valence-electron chi connectivity index (χ2n) is 3.89. The number of allylic oxidation sites excluding steroid dienone is 2. The van der Waals surface area contributed by atoms with Crippen LogP contribution in [0.2, 0.25) is 0 Å². The Kier molecular flexibility index (Phi) is 3.04. The Morgan fingerprint density at radius 2 is 2.43 bits per heavy atom. The molecule has 1 N–H and O–H groups in total. The minimum atomic E-state index is 0.531. The molecule has 2 heteroatoms. The third-order valence-corrected chi connectivity index (χ3v) is 2.76. The van der Waals surface area contributed by atoms with Crippen molar-refractivity contribution in [2.75, 3.05) is 20.1 Å². The fraction of sp³-hybridized carbons (Fsp3) is 0.500. The maximum absolute atomic E-state index is 3.18. The summed E-state index contributed by atoms with van der Waals surface area (Å²) < 4.78 is 0. The van der Waals surface area contributed by atoms with E-state index in [2.05, 4.69) is 40.7 Å². The van der Waals surface area contributed by atoms with Crippen LogP contribution in [0.25, 0.3) is 0 Å². The molecular weight excluding hydrogens is 172 g/mol. The molecule has 0 radical (unpaired) electrons. The van der Waals surface area contributed by atoms with Crippen molar-refractivity contribution in [3.63, 3.8) is 0 Å². The molecule has 0 aliphatic carbocycles. The molecule has 0 saturated carbocycles. The van der Waals surface area contributed by atoms with Crippen LogP contribution in [-0.4, -0.2) is 31.1 Å². The summed E-state index contributed by atoms with van der Waals surface area (Å²) in [6, 6.07) is 0.531. The van der Waals surface area contributed by atoms with E-state index in [1.807, 2.05) is 7.05 Å². The van der Waals surface area contributed by atoms with Gasteiger partial charge in [-0.1, -0.05) is 24.3 Å². The van der Waals surface area contributed by atoms with E-state index in [0.717, 1.165) is 13.1 Å². The molecule has 0 aromatic carbocycles. The van der Waals surface area contributed by atoms with Crippen molar-refractivity contribution in [2.24, 2.45) is 0 Å². The Balaban J connectivity index is 1.86. The van der Waals surface area contributed by atoms with E-state index in [9.17, 15) is 0 Å². The average molecular weight is 190 g/mol. The van der Waals surface area contributed by atoms with Gasteiger partial charge < -0.3 is 10.2 Å². The van der Waals surface area contributed by atoms with E-state index < -0.39 is 0 Å². The van der Waals surface area contributed by atoms with Gasteiger partial charge in [0, 0.05) is 12.7 Å². The van der Waals surface area contributed by atoms with Crippen LogP contribution in [0, 0.1) is 0 Å². The Morgan fingerprint density at radius 3 is 3.29 bits per heavy atom. The van der Waals surface area contributed by atoms with Crippen molar-refractivity contribution in [2.45, 2.75) is 18.9 Å². The smallest absolute Gasteiger partial charge is 0.0659 e. The number of hydrogen-bond acceptors (Lipinski definition) is 2. The Morgan fingerprint density at radius 1 is 1.50 bits per heavy atom. The van der Waals surface area contributed by atoms with Gasteiger partial charge in [0.15, 0.2) is 0 Å².